The van der Waals surface area contributed by atoms with Crippen LogP contribution in [0.15, 0.2) is 101 Å². The van der Waals surface area contributed by atoms with Gasteiger partial charge in [0.05, 0.1) is 43.1 Å². The quantitative estimate of drug-likeness (QED) is 0.165. The first-order valence-corrected chi connectivity index (χ1v) is 17.6. The molecule has 0 fully saturated rings. The summed E-state index contributed by atoms with van der Waals surface area (Å²) in [6.45, 7) is 0.362. The van der Waals surface area contributed by atoms with Crippen molar-refractivity contribution in [2.75, 3.05) is 24.9 Å². The number of hydrogen-bond acceptors (Lipinski definition) is 9. The van der Waals surface area contributed by atoms with E-state index in [0.717, 1.165) is 34.4 Å². The normalized spacial score (nSPS) is 18.9. The molecule has 5 aromatic rings. The maximum Gasteiger partial charge on any atom is 0.261 e. The number of nitrogens with zero attached hydrogens (tertiary/aromatic N) is 3. The van der Waals surface area contributed by atoms with Crippen molar-refractivity contribution in [3.63, 3.8) is 0 Å². The van der Waals surface area contributed by atoms with E-state index >= 15 is 0 Å². The van der Waals surface area contributed by atoms with Crippen molar-refractivity contribution in [2.24, 2.45) is 15.9 Å². The first-order chi connectivity index (χ1) is 25.9. The Kier molecular flexibility index (Phi) is 7.95. The van der Waals surface area contributed by atoms with Crippen LogP contribution in [0.25, 0.3) is 0 Å². The highest BCUT2D eigenvalue weighted by Crippen LogP contribution is 2.46. The molecule has 0 aromatic heterocycles. The first kappa shape index (κ1) is 32.5. The molecule has 10 nitrogen and oxygen atoms in total. The monoisotopic (exact) mass is 704 g/mol. The van der Waals surface area contributed by atoms with Crippen LogP contribution in [0.1, 0.15) is 54.5 Å². The number of ketones is 1. The van der Waals surface area contributed by atoms with Crippen molar-refractivity contribution in [3.05, 3.63) is 130 Å². The summed E-state index contributed by atoms with van der Waals surface area (Å²) < 4.78 is 23.9. The van der Waals surface area contributed by atoms with Gasteiger partial charge in [-0.2, -0.15) is 0 Å². The van der Waals surface area contributed by atoms with Gasteiger partial charge in [-0.05, 0) is 70.6 Å². The number of benzene rings is 5. The molecule has 4 aliphatic rings. The number of methoxy groups -OCH3 is 2. The van der Waals surface area contributed by atoms with Gasteiger partial charge in [0, 0.05) is 53.8 Å². The topological polar surface area (TPSA) is 125 Å². The van der Waals surface area contributed by atoms with Crippen molar-refractivity contribution in [3.8, 4) is 23.0 Å². The fourth-order valence-corrected chi connectivity index (χ4v) is 8.04. The zero-order valence-electron chi connectivity index (χ0n) is 29.2. The Morgan fingerprint density at radius 3 is 2.04 bits per heavy atom. The third-order valence-corrected chi connectivity index (χ3v) is 10.5. The van der Waals surface area contributed by atoms with Crippen LogP contribution in [-0.4, -0.2) is 44.4 Å². The number of carbonyl (C=O) groups excluding carboxylic acids is 2. The molecule has 5 aromatic carbocycles. The molecule has 264 valence electrons. The van der Waals surface area contributed by atoms with Gasteiger partial charge < -0.3 is 24.7 Å². The maximum absolute atomic E-state index is 13.9. The Morgan fingerprint density at radius 1 is 0.698 bits per heavy atom. The Hall–Kier alpha value is -6.42. The van der Waals surface area contributed by atoms with Gasteiger partial charge in [0.1, 0.15) is 13.2 Å². The van der Waals surface area contributed by atoms with E-state index in [9.17, 15) is 9.59 Å². The van der Waals surface area contributed by atoms with E-state index in [0.29, 0.717) is 57.6 Å². The van der Waals surface area contributed by atoms with Crippen LogP contribution in [-0.2, 0) is 26.1 Å². The molecule has 1 unspecified atom stereocenters. The fraction of sp³-hybridized carbons (Fsp3) is 0.209. The van der Waals surface area contributed by atoms with Gasteiger partial charge in [-0.1, -0.05) is 42.5 Å². The third kappa shape index (κ3) is 5.67. The molecule has 2 N–H and O–H groups in total. The Labute approximate surface area is 306 Å². The van der Waals surface area contributed by atoms with Gasteiger partial charge in [-0.3, -0.25) is 24.5 Å². The number of anilines is 2. The number of Topliss-reactive ketones (excluding diaryl/α,β-unsaturated/α-hetero) is 1. The van der Waals surface area contributed by atoms with Gasteiger partial charge in [-0.15, -0.1) is 0 Å². The summed E-state index contributed by atoms with van der Waals surface area (Å²) in [6.07, 6.45) is 5.23. The summed E-state index contributed by atoms with van der Waals surface area (Å²) in [7, 11) is 3.11. The zero-order valence-corrected chi connectivity index (χ0v) is 29.2. The lowest BCUT2D eigenvalue weighted by Gasteiger charge is -2.22. The summed E-state index contributed by atoms with van der Waals surface area (Å²) in [5, 5.41) is 0. The lowest BCUT2D eigenvalue weighted by Crippen LogP contribution is -2.37. The number of fused-ring (bicyclic) bond motifs is 8. The molecule has 3 atom stereocenters. The average molecular weight is 705 g/mol. The van der Waals surface area contributed by atoms with Crippen molar-refractivity contribution in [1.29, 1.82) is 0 Å². The number of amides is 1. The molecule has 53 heavy (non-hydrogen) atoms. The Balaban J connectivity index is 0.924. The number of rotatable bonds is 8. The molecular formula is C43H36N4O6. The van der Waals surface area contributed by atoms with E-state index in [4.69, 9.17) is 34.7 Å². The minimum Gasteiger partial charge on any atom is -0.493 e. The Morgan fingerprint density at radius 2 is 1.32 bits per heavy atom. The number of aliphatic imine (C=N–C) groups is 2. The van der Waals surface area contributed by atoms with Crippen LogP contribution < -0.4 is 29.6 Å². The van der Waals surface area contributed by atoms with Gasteiger partial charge in [0.25, 0.3) is 5.91 Å². The van der Waals surface area contributed by atoms with Crippen LogP contribution >= 0.6 is 0 Å². The zero-order chi connectivity index (χ0) is 36.2. The summed E-state index contributed by atoms with van der Waals surface area (Å²) >= 11 is 0. The number of hydrogen-bond donors (Lipinski definition) is 1. The molecule has 3 aliphatic heterocycles. The summed E-state index contributed by atoms with van der Waals surface area (Å²) in [4.78, 5) is 38.9. The van der Waals surface area contributed by atoms with E-state index in [-0.39, 0.29) is 42.8 Å². The number of ether oxygens (including phenoxy) is 4. The standard InChI is InChI=1S/C43H36N4O6/c1-50-37-16-32-34(45-20-28-14-26-7-3-5-9-31(26)41(28)42(32)48)18-39(37)52-22-24-11-25(13-29(44)12-24)23-53-40-19-35-33(17-38(40)51-2)43(49)47-30(21-46-35)15-27-8-4-6-10-36(27)47/h3-13,16-21,28,30,41H,14-15,22-23,44H2,1-2H3/t28-,30-,41?/m0/s1. The van der Waals surface area contributed by atoms with Crippen molar-refractivity contribution < 1.29 is 28.5 Å². The average Bonchev–Trinajstić information content (AvgIpc) is 3.67. The van der Waals surface area contributed by atoms with Crippen LogP contribution in [0.3, 0.4) is 0 Å². The molecule has 1 aliphatic carbocycles. The molecule has 0 bridgehead atoms. The third-order valence-electron chi connectivity index (χ3n) is 10.5. The fourth-order valence-electron chi connectivity index (χ4n) is 8.04. The molecule has 3 heterocycles. The van der Waals surface area contributed by atoms with E-state index < -0.39 is 0 Å². The van der Waals surface area contributed by atoms with E-state index in [1.54, 1.807) is 43.4 Å². The predicted molar refractivity (Wildman–Crippen MR) is 203 cm³/mol. The highest BCUT2D eigenvalue weighted by Gasteiger charge is 2.40. The molecule has 0 saturated heterocycles. The molecule has 10 heteroatoms. The largest absolute Gasteiger partial charge is 0.493 e. The van der Waals surface area contributed by atoms with Crippen LogP contribution in [0.5, 0.6) is 23.0 Å². The second-order valence-electron chi connectivity index (χ2n) is 13.7. The van der Waals surface area contributed by atoms with E-state index in [1.165, 1.54) is 5.56 Å². The highest BCUT2D eigenvalue weighted by atomic mass is 16.5. The summed E-state index contributed by atoms with van der Waals surface area (Å²) in [6, 6.07) is 28.5. The van der Waals surface area contributed by atoms with Gasteiger partial charge in [0.15, 0.2) is 28.8 Å². The lowest BCUT2D eigenvalue weighted by molar-refractivity contribution is 0.0950. The van der Waals surface area contributed by atoms with Crippen molar-refractivity contribution in [1.82, 2.24) is 0 Å². The summed E-state index contributed by atoms with van der Waals surface area (Å²) in [5.74, 6) is 1.45. The second-order valence-corrected chi connectivity index (χ2v) is 13.7. The van der Waals surface area contributed by atoms with Gasteiger partial charge in [-0.25, -0.2) is 0 Å². The number of carbonyl (C=O) groups is 2. The molecular weight excluding hydrogens is 668 g/mol. The second kappa shape index (κ2) is 13.0. The number of nitrogen functional groups attached to an aromatic ring is 1. The van der Waals surface area contributed by atoms with Crippen LogP contribution in [0.4, 0.5) is 22.7 Å². The maximum atomic E-state index is 13.9. The number of para-hydroxylation sites is 1. The smallest absolute Gasteiger partial charge is 0.261 e. The SMILES string of the molecule is COc1cc2c(cc1OCc1cc(N)cc(COc3cc4c(cc3OC)C(=O)N3c5ccccc5C[C@H]3C=N4)c1)N=C[C@@H]1Cc3ccccc3C1C2=O. The van der Waals surface area contributed by atoms with Crippen LogP contribution in [0.2, 0.25) is 0 Å². The minimum absolute atomic E-state index is 0.00691. The van der Waals surface area contributed by atoms with Crippen LogP contribution in [0, 0.1) is 5.92 Å². The minimum atomic E-state index is -0.266. The van der Waals surface area contributed by atoms with E-state index in [1.807, 2.05) is 73.1 Å². The van der Waals surface area contributed by atoms with Gasteiger partial charge in [0.2, 0.25) is 0 Å². The van der Waals surface area contributed by atoms with Crippen molar-refractivity contribution >= 4 is 46.9 Å². The lowest BCUT2D eigenvalue weighted by atomic mass is 9.86. The molecule has 0 saturated carbocycles. The Bertz CT molecular complexity index is 2220. The first-order valence-electron chi connectivity index (χ1n) is 17.6. The predicted octanol–water partition coefficient (Wildman–Crippen LogP) is 7.59. The highest BCUT2D eigenvalue weighted by molar-refractivity contribution is 6.15. The van der Waals surface area contributed by atoms with Crippen molar-refractivity contribution in [2.45, 2.75) is 38.0 Å². The molecule has 0 spiro atoms. The van der Waals surface area contributed by atoms with Gasteiger partial charge >= 0.3 is 0 Å². The summed E-state index contributed by atoms with van der Waals surface area (Å²) in [5.41, 5.74) is 14.8. The molecule has 1 amide bonds. The van der Waals surface area contributed by atoms with E-state index in [2.05, 4.69) is 6.07 Å². The number of nitrogens with two attached hydrogens (primary N) is 1. The molecule has 9 rings (SSSR count). The molecule has 0 radical (unpaired) electrons.